The van der Waals surface area contributed by atoms with Crippen LogP contribution in [0, 0.1) is 5.92 Å². The van der Waals surface area contributed by atoms with Crippen LogP contribution in [0.4, 0.5) is 13.2 Å². The van der Waals surface area contributed by atoms with Gasteiger partial charge in [0.05, 0.1) is 12.5 Å². The van der Waals surface area contributed by atoms with Gasteiger partial charge >= 0.3 is 12.1 Å². The number of carboxylic acid groups (broad SMARTS) is 1. The first kappa shape index (κ1) is 11.7. The molecule has 2 saturated carbocycles. The molecule has 2 atom stereocenters. The zero-order valence-corrected chi connectivity index (χ0v) is 8.70. The van der Waals surface area contributed by atoms with Crippen LogP contribution < -0.4 is 0 Å². The Morgan fingerprint density at radius 3 is 2.19 bits per heavy atom. The largest absolute Gasteiger partial charge is 0.481 e. The summed E-state index contributed by atoms with van der Waals surface area (Å²) in [5.41, 5.74) is 0. The molecule has 0 aromatic carbocycles. The zero-order chi connectivity index (χ0) is 11.9. The van der Waals surface area contributed by atoms with Crippen molar-refractivity contribution >= 4 is 5.97 Å². The molecule has 0 saturated heterocycles. The van der Waals surface area contributed by atoms with Crippen LogP contribution in [-0.4, -0.2) is 40.8 Å². The second-order valence-electron chi connectivity index (χ2n) is 4.61. The van der Waals surface area contributed by atoms with Crippen LogP contribution in [0.1, 0.15) is 25.7 Å². The number of hydrogen-bond donors (Lipinski definition) is 1. The molecule has 2 fully saturated rings. The molecule has 2 aliphatic rings. The summed E-state index contributed by atoms with van der Waals surface area (Å²) in [5, 5.41) is 8.85. The summed E-state index contributed by atoms with van der Waals surface area (Å²) in [6, 6.07) is -0.458. The van der Waals surface area contributed by atoms with Crippen LogP contribution in [0.5, 0.6) is 0 Å². The maximum Gasteiger partial charge on any atom is 0.401 e. The second kappa shape index (κ2) is 3.91. The number of aliphatic carboxylic acids is 1. The fourth-order valence-corrected chi connectivity index (χ4v) is 2.30. The fourth-order valence-electron chi connectivity index (χ4n) is 2.30. The molecule has 0 bridgehead atoms. The molecule has 0 spiro atoms. The van der Waals surface area contributed by atoms with Gasteiger partial charge in [-0.1, -0.05) is 0 Å². The summed E-state index contributed by atoms with van der Waals surface area (Å²) in [6.07, 6.45) is -1.64. The molecule has 16 heavy (non-hydrogen) atoms. The van der Waals surface area contributed by atoms with Gasteiger partial charge in [-0.3, -0.25) is 9.69 Å². The lowest BCUT2D eigenvalue weighted by atomic mass is 9.78. The van der Waals surface area contributed by atoms with Gasteiger partial charge in [0.1, 0.15) is 0 Å². The molecular formula is C10H14F3NO2. The quantitative estimate of drug-likeness (QED) is 0.811. The van der Waals surface area contributed by atoms with Crippen molar-refractivity contribution in [1.82, 2.24) is 4.90 Å². The molecule has 0 aliphatic heterocycles. The maximum atomic E-state index is 12.4. The fraction of sp³-hybridized carbons (Fsp3) is 0.900. The molecular weight excluding hydrogens is 223 g/mol. The first-order valence-electron chi connectivity index (χ1n) is 5.44. The van der Waals surface area contributed by atoms with Crippen molar-refractivity contribution in [2.24, 2.45) is 5.92 Å². The molecule has 2 aliphatic carbocycles. The lowest BCUT2D eigenvalue weighted by Gasteiger charge is -2.42. The van der Waals surface area contributed by atoms with Crippen molar-refractivity contribution in [1.29, 1.82) is 0 Å². The standard InChI is InChI=1S/C10H14F3NO2/c11-10(12,13)5-14(6-1-2-6)8-4-3-7(8)9(15)16/h6-8H,1-5H2,(H,15,16). The molecule has 92 valence electrons. The van der Waals surface area contributed by atoms with Crippen molar-refractivity contribution in [3.05, 3.63) is 0 Å². The molecule has 0 heterocycles. The van der Waals surface area contributed by atoms with E-state index in [1.54, 1.807) is 0 Å². The predicted octanol–water partition coefficient (Wildman–Crippen LogP) is 1.88. The lowest BCUT2D eigenvalue weighted by molar-refractivity contribution is -0.169. The number of hydrogen-bond acceptors (Lipinski definition) is 2. The van der Waals surface area contributed by atoms with Gasteiger partial charge in [-0.05, 0) is 25.7 Å². The minimum Gasteiger partial charge on any atom is -0.481 e. The molecule has 2 rings (SSSR count). The normalized spacial score (nSPS) is 30.2. The first-order chi connectivity index (χ1) is 7.38. The summed E-state index contributed by atoms with van der Waals surface area (Å²) in [6.45, 7) is -0.966. The summed E-state index contributed by atoms with van der Waals surface area (Å²) in [5.74, 6) is -1.58. The average molecular weight is 237 g/mol. The Morgan fingerprint density at radius 1 is 1.25 bits per heavy atom. The third-order valence-electron chi connectivity index (χ3n) is 3.36. The van der Waals surface area contributed by atoms with E-state index in [1.807, 2.05) is 0 Å². The summed E-state index contributed by atoms with van der Waals surface area (Å²) in [4.78, 5) is 12.1. The van der Waals surface area contributed by atoms with Crippen molar-refractivity contribution in [2.75, 3.05) is 6.54 Å². The van der Waals surface area contributed by atoms with Gasteiger partial charge in [0.2, 0.25) is 0 Å². The minimum atomic E-state index is -4.23. The molecule has 0 aromatic rings. The van der Waals surface area contributed by atoms with Gasteiger partial charge in [0.15, 0.2) is 0 Å². The number of nitrogens with zero attached hydrogens (tertiary/aromatic N) is 1. The smallest absolute Gasteiger partial charge is 0.401 e. The van der Waals surface area contributed by atoms with Gasteiger partial charge in [0, 0.05) is 12.1 Å². The van der Waals surface area contributed by atoms with E-state index in [0.29, 0.717) is 12.8 Å². The second-order valence-corrected chi connectivity index (χ2v) is 4.61. The Morgan fingerprint density at radius 2 is 1.88 bits per heavy atom. The van der Waals surface area contributed by atoms with Crippen LogP contribution in [0.3, 0.4) is 0 Å². The molecule has 0 amide bonds. The van der Waals surface area contributed by atoms with Crippen molar-refractivity contribution in [3.63, 3.8) is 0 Å². The molecule has 3 nitrogen and oxygen atoms in total. The minimum absolute atomic E-state index is 0.0474. The topological polar surface area (TPSA) is 40.5 Å². The maximum absolute atomic E-state index is 12.4. The van der Waals surface area contributed by atoms with E-state index >= 15 is 0 Å². The summed E-state index contributed by atoms with van der Waals surface area (Å²) < 4.78 is 37.1. The monoisotopic (exact) mass is 237 g/mol. The lowest BCUT2D eigenvalue weighted by Crippen LogP contribution is -2.53. The molecule has 2 unspecified atom stereocenters. The number of rotatable bonds is 4. The van der Waals surface area contributed by atoms with Gasteiger partial charge in [-0.25, -0.2) is 0 Å². The van der Waals surface area contributed by atoms with Gasteiger partial charge in [-0.2, -0.15) is 13.2 Å². The highest BCUT2D eigenvalue weighted by Gasteiger charge is 2.48. The van der Waals surface area contributed by atoms with E-state index in [4.69, 9.17) is 5.11 Å². The van der Waals surface area contributed by atoms with Gasteiger partial charge < -0.3 is 5.11 Å². The van der Waals surface area contributed by atoms with Crippen LogP contribution >= 0.6 is 0 Å². The van der Waals surface area contributed by atoms with E-state index < -0.39 is 30.7 Å². The molecule has 6 heteroatoms. The van der Waals surface area contributed by atoms with Crippen LogP contribution in [0.25, 0.3) is 0 Å². The third-order valence-corrected chi connectivity index (χ3v) is 3.36. The highest BCUT2D eigenvalue weighted by atomic mass is 19.4. The molecule has 1 N–H and O–H groups in total. The van der Waals surface area contributed by atoms with Crippen LogP contribution in [0.15, 0.2) is 0 Å². The average Bonchev–Trinajstić information content (AvgIpc) is 2.77. The number of carbonyl (C=O) groups is 1. The Bertz CT molecular complexity index is 288. The Kier molecular flexibility index (Phi) is 2.86. The number of carboxylic acids is 1. The van der Waals surface area contributed by atoms with E-state index in [9.17, 15) is 18.0 Å². The summed E-state index contributed by atoms with van der Waals surface area (Å²) >= 11 is 0. The Labute approximate surface area is 91.2 Å². The Balaban J connectivity index is 2.00. The zero-order valence-electron chi connectivity index (χ0n) is 8.70. The predicted molar refractivity (Wildman–Crippen MR) is 49.9 cm³/mol. The van der Waals surface area contributed by atoms with E-state index in [0.717, 1.165) is 12.8 Å². The highest BCUT2D eigenvalue weighted by molar-refractivity contribution is 5.72. The number of alkyl halides is 3. The van der Waals surface area contributed by atoms with Crippen molar-refractivity contribution in [2.45, 2.75) is 43.9 Å². The summed E-state index contributed by atoms with van der Waals surface area (Å²) in [7, 11) is 0. The molecule has 0 aromatic heterocycles. The van der Waals surface area contributed by atoms with E-state index in [1.165, 1.54) is 4.90 Å². The number of halogens is 3. The first-order valence-corrected chi connectivity index (χ1v) is 5.44. The molecule has 0 radical (unpaired) electrons. The highest BCUT2D eigenvalue weighted by Crippen LogP contribution is 2.40. The van der Waals surface area contributed by atoms with Crippen LogP contribution in [-0.2, 0) is 4.79 Å². The van der Waals surface area contributed by atoms with Crippen molar-refractivity contribution in [3.8, 4) is 0 Å². The van der Waals surface area contributed by atoms with Gasteiger partial charge in [-0.15, -0.1) is 0 Å². The Hall–Kier alpha value is -0.780. The van der Waals surface area contributed by atoms with Crippen LogP contribution in [0.2, 0.25) is 0 Å². The third kappa shape index (κ3) is 2.48. The van der Waals surface area contributed by atoms with E-state index in [2.05, 4.69) is 0 Å². The van der Waals surface area contributed by atoms with Crippen molar-refractivity contribution < 1.29 is 23.1 Å². The van der Waals surface area contributed by atoms with Gasteiger partial charge in [0.25, 0.3) is 0 Å². The SMILES string of the molecule is O=C(O)C1CCC1N(CC(F)(F)F)C1CC1. The van der Waals surface area contributed by atoms with E-state index in [-0.39, 0.29) is 6.04 Å².